The van der Waals surface area contributed by atoms with Gasteiger partial charge in [0.1, 0.15) is 0 Å². The first-order valence-electron chi connectivity index (χ1n) is 11.8. The SMILES string of the molecule is CC(C)NC(=O)Nc1ccc(-c2c(N)c3ccc(C(=O)NC4CC4)cc3n2C2CCC2)cc1. The molecular formula is C26H31N5O2. The van der Waals surface area contributed by atoms with E-state index in [1.165, 1.54) is 6.42 Å². The lowest BCUT2D eigenvalue weighted by Gasteiger charge is -2.30. The lowest BCUT2D eigenvalue weighted by molar-refractivity contribution is 0.0951. The second kappa shape index (κ2) is 8.46. The highest BCUT2D eigenvalue weighted by Crippen LogP contribution is 2.44. The van der Waals surface area contributed by atoms with Crippen molar-refractivity contribution in [2.45, 2.75) is 64.1 Å². The summed E-state index contributed by atoms with van der Waals surface area (Å²) >= 11 is 0. The van der Waals surface area contributed by atoms with Crippen LogP contribution in [0.4, 0.5) is 16.2 Å². The second-order valence-electron chi connectivity index (χ2n) is 9.53. The first-order valence-corrected chi connectivity index (χ1v) is 11.8. The van der Waals surface area contributed by atoms with E-state index in [0.29, 0.717) is 17.6 Å². The monoisotopic (exact) mass is 445 g/mol. The molecule has 3 amide bonds. The summed E-state index contributed by atoms with van der Waals surface area (Å²) in [4.78, 5) is 24.7. The van der Waals surface area contributed by atoms with E-state index in [2.05, 4.69) is 20.5 Å². The number of fused-ring (bicyclic) bond motifs is 1. The minimum absolute atomic E-state index is 0.0176. The fraction of sp³-hybridized carbons (Fsp3) is 0.385. The molecule has 2 aliphatic rings. The predicted molar refractivity (Wildman–Crippen MR) is 132 cm³/mol. The number of hydrogen-bond donors (Lipinski definition) is 4. The number of nitrogen functional groups attached to an aromatic ring is 1. The molecule has 7 heteroatoms. The van der Waals surface area contributed by atoms with Crippen LogP contribution in [-0.4, -0.2) is 28.6 Å². The van der Waals surface area contributed by atoms with Crippen LogP contribution in [0.2, 0.25) is 0 Å². The Balaban J connectivity index is 1.51. The maximum absolute atomic E-state index is 12.7. The largest absolute Gasteiger partial charge is 0.396 e. The molecule has 33 heavy (non-hydrogen) atoms. The first-order chi connectivity index (χ1) is 15.9. The minimum Gasteiger partial charge on any atom is -0.396 e. The van der Waals surface area contributed by atoms with Gasteiger partial charge in [0, 0.05) is 40.3 Å². The van der Waals surface area contributed by atoms with Crippen molar-refractivity contribution in [2.24, 2.45) is 0 Å². The van der Waals surface area contributed by atoms with E-state index in [-0.39, 0.29) is 18.0 Å². The Hall–Kier alpha value is -3.48. The van der Waals surface area contributed by atoms with Crippen molar-refractivity contribution in [1.82, 2.24) is 15.2 Å². The molecule has 0 bridgehead atoms. The minimum atomic E-state index is -0.224. The van der Waals surface area contributed by atoms with Gasteiger partial charge >= 0.3 is 6.03 Å². The molecule has 2 fully saturated rings. The van der Waals surface area contributed by atoms with Gasteiger partial charge in [0.25, 0.3) is 5.91 Å². The molecule has 172 valence electrons. The lowest BCUT2D eigenvalue weighted by Crippen LogP contribution is -2.34. The van der Waals surface area contributed by atoms with E-state index >= 15 is 0 Å². The van der Waals surface area contributed by atoms with Crippen LogP contribution >= 0.6 is 0 Å². The maximum Gasteiger partial charge on any atom is 0.319 e. The number of urea groups is 1. The van der Waals surface area contributed by atoms with Gasteiger partial charge in [-0.25, -0.2) is 4.79 Å². The lowest BCUT2D eigenvalue weighted by atomic mass is 9.92. The van der Waals surface area contributed by atoms with Crippen molar-refractivity contribution >= 4 is 34.2 Å². The smallest absolute Gasteiger partial charge is 0.319 e. The van der Waals surface area contributed by atoms with Crippen molar-refractivity contribution in [3.05, 3.63) is 48.0 Å². The van der Waals surface area contributed by atoms with Gasteiger partial charge in [-0.05, 0) is 76.3 Å². The summed E-state index contributed by atoms with van der Waals surface area (Å²) < 4.78 is 2.32. The van der Waals surface area contributed by atoms with Crippen LogP contribution in [0.1, 0.15) is 62.4 Å². The summed E-state index contributed by atoms with van der Waals surface area (Å²) in [6.07, 6.45) is 5.52. The molecule has 3 aromatic rings. The zero-order chi connectivity index (χ0) is 23.1. The van der Waals surface area contributed by atoms with Crippen molar-refractivity contribution in [1.29, 1.82) is 0 Å². The molecule has 5 rings (SSSR count). The number of amides is 3. The molecule has 2 aromatic carbocycles. The van der Waals surface area contributed by atoms with Crippen LogP contribution < -0.4 is 21.7 Å². The molecular weight excluding hydrogens is 414 g/mol. The van der Waals surface area contributed by atoms with Gasteiger partial charge in [0.2, 0.25) is 0 Å². The summed E-state index contributed by atoms with van der Waals surface area (Å²) in [5.41, 5.74) is 11.8. The van der Waals surface area contributed by atoms with E-state index in [1.807, 2.05) is 56.3 Å². The molecule has 0 atom stereocenters. The van der Waals surface area contributed by atoms with Gasteiger partial charge in [-0.3, -0.25) is 4.79 Å². The third kappa shape index (κ3) is 4.27. The molecule has 1 aromatic heterocycles. The molecule has 5 N–H and O–H groups in total. The molecule has 0 unspecified atom stereocenters. The molecule has 2 aliphatic carbocycles. The van der Waals surface area contributed by atoms with Gasteiger partial charge in [-0.15, -0.1) is 0 Å². The fourth-order valence-corrected chi connectivity index (χ4v) is 4.43. The van der Waals surface area contributed by atoms with E-state index in [1.54, 1.807) is 0 Å². The number of carbonyl (C=O) groups is 2. The molecule has 0 aliphatic heterocycles. The van der Waals surface area contributed by atoms with E-state index in [9.17, 15) is 9.59 Å². The topological polar surface area (TPSA) is 101 Å². The fourth-order valence-electron chi connectivity index (χ4n) is 4.43. The summed E-state index contributed by atoms with van der Waals surface area (Å²) in [5, 5.41) is 9.74. The van der Waals surface area contributed by atoms with Crippen molar-refractivity contribution < 1.29 is 9.59 Å². The van der Waals surface area contributed by atoms with Crippen LogP contribution in [0.5, 0.6) is 0 Å². The third-order valence-corrected chi connectivity index (χ3v) is 6.49. The number of hydrogen-bond acceptors (Lipinski definition) is 3. The van der Waals surface area contributed by atoms with Crippen molar-refractivity contribution in [2.75, 3.05) is 11.1 Å². The third-order valence-electron chi connectivity index (χ3n) is 6.49. The number of aromatic nitrogens is 1. The number of carbonyl (C=O) groups excluding carboxylic acids is 2. The molecule has 0 radical (unpaired) electrons. The molecule has 2 saturated carbocycles. The Kier molecular flexibility index (Phi) is 5.48. The quantitative estimate of drug-likeness (QED) is 0.428. The molecule has 1 heterocycles. The number of rotatable bonds is 6. The van der Waals surface area contributed by atoms with Crippen LogP contribution in [0.3, 0.4) is 0 Å². The number of benzene rings is 2. The highest BCUT2D eigenvalue weighted by Gasteiger charge is 2.28. The standard InChI is InChI=1S/C26H31N5O2/c1-15(2)28-26(33)30-19-9-6-16(7-10-19)24-23(27)21-13-8-17(25(32)29-18-11-12-18)14-22(21)31(24)20-4-3-5-20/h6-10,13-15,18,20H,3-5,11-12,27H2,1-2H3,(H,29,32)(H2,28,30,33). The maximum atomic E-state index is 12.7. The Labute approximate surface area is 193 Å². The highest BCUT2D eigenvalue weighted by atomic mass is 16.2. The Morgan fingerprint density at radius 1 is 1.03 bits per heavy atom. The van der Waals surface area contributed by atoms with Gasteiger partial charge in [-0.1, -0.05) is 12.1 Å². The Morgan fingerprint density at radius 2 is 1.76 bits per heavy atom. The number of nitrogens with zero attached hydrogens (tertiary/aromatic N) is 1. The summed E-state index contributed by atoms with van der Waals surface area (Å²) in [7, 11) is 0. The number of nitrogens with one attached hydrogen (secondary N) is 3. The first kappa shape index (κ1) is 21.4. The van der Waals surface area contributed by atoms with E-state index < -0.39 is 0 Å². The average molecular weight is 446 g/mol. The van der Waals surface area contributed by atoms with Crippen molar-refractivity contribution in [3.63, 3.8) is 0 Å². The molecule has 0 saturated heterocycles. The highest BCUT2D eigenvalue weighted by molar-refractivity contribution is 6.05. The zero-order valence-electron chi connectivity index (χ0n) is 19.2. The van der Waals surface area contributed by atoms with Gasteiger partial charge in [0.05, 0.1) is 16.9 Å². The Morgan fingerprint density at radius 3 is 2.36 bits per heavy atom. The summed E-state index contributed by atoms with van der Waals surface area (Å²) in [6, 6.07) is 14.1. The Bertz CT molecular complexity index is 1200. The summed E-state index contributed by atoms with van der Waals surface area (Å²) in [6.45, 7) is 3.84. The van der Waals surface area contributed by atoms with Crippen LogP contribution in [0.25, 0.3) is 22.2 Å². The molecule has 0 spiro atoms. The summed E-state index contributed by atoms with van der Waals surface area (Å²) in [5.74, 6) is -0.0176. The zero-order valence-corrected chi connectivity index (χ0v) is 19.2. The number of nitrogens with two attached hydrogens (primary N) is 1. The number of anilines is 2. The van der Waals surface area contributed by atoms with Crippen molar-refractivity contribution in [3.8, 4) is 11.3 Å². The van der Waals surface area contributed by atoms with Gasteiger partial charge < -0.3 is 26.3 Å². The van der Waals surface area contributed by atoms with Crippen LogP contribution in [0, 0.1) is 0 Å². The van der Waals surface area contributed by atoms with Crippen LogP contribution in [-0.2, 0) is 0 Å². The average Bonchev–Trinajstić information content (AvgIpc) is 3.51. The van der Waals surface area contributed by atoms with Gasteiger partial charge in [0.15, 0.2) is 0 Å². The molecule has 7 nitrogen and oxygen atoms in total. The van der Waals surface area contributed by atoms with E-state index in [0.717, 1.165) is 59.2 Å². The second-order valence-corrected chi connectivity index (χ2v) is 9.53. The van der Waals surface area contributed by atoms with Gasteiger partial charge in [-0.2, -0.15) is 0 Å². The van der Waals surface area contributed by atoms with E-state index in [4.69, 9.17) is 5.73 Å². The van der Waals surface area contributed by atoms with Crippen LogP contribution in [0.15, 0.2) is 42.5 Å². The normalized spacial score (nSPS) is 16.0. The predicted octanol–water partition coefficient (Wildman–Crippen LogP) is 5.04.